The summed E-state index contributed by atoms with van der Waals surface area (Å²) in [6.07, 6.45) is 3.15. The fourth-order valence-corrected chi connectivity index (χ4v) is 3.84. The predicted octanol–water partition coefficient (Wildman–Crippen LogP) is 2.87. The van der Waals surface area contributed by atoms with Crippen molar-refractivity contribution in [3.05, 3.63) is 23.2 Å². The standard InChI is InChI=1S/C21H31ClN4O4/c1-13-6-5-7-16(14(13)2)24-21(29)25-20(28)12-26(3)11-19(27)23-17-10-15(22)8-9-18(17)30-4/h8-10,13-14,16H,5-7,11-12H2,1-4H3,(H,23,27)(H2,24,25,28,29)/t13-,14+,16-/m0/s1. The molecule has 1 fully saturated rings. The molecular formula is C21H31ClN4O4. The number of rotatable bonds is 7. The Bertz CT molecular complexity index is 773. The van der Waals surface area contributed by atoms with Gasteiger partial charge in [0, 0.05) is 11.1 Å². The number of imide groups is 1. The average molecular weight is 439 g/mol. The van der Waals surface area contributed by atoms with Crippen LogP contribution in [-0.2, 0) is 9.59 Å². The van der Waals surface area contributed by atoms with Crippen molar-refractivity contribution < 1.29 is 19.1 Å². The second-order valence-corrected chi connectivity index (χ2v) is 8.40. The molecule has 1 aliphatic carbocycles. The van der Waals surface area contributed by atoms with Crippen LogP contribution in [0.4, 0.5) is 10.5 Å². The largest absolute Gasteiger partial charge is 0.495 e. The maximum absolute atomic E-state index is 12.3. The number of methoxy groups -OCH3 is 1. The molecule has 4 amide bonds. The normalized spacial score (nSPS) is 21.1. The van der Waals surface area contributed by atoms with Crippen molar-refractivity contribution in [1.82, 2.24) is 15.5 Å². The zero-order chi connectivity index (χ0) is 22.3. The third-order valence-corrected chi connectivity index (χ3v) is 5.77. The van der Waals surface area contributed by atoms with E-state index in [2.05, 4.69) is 29.8 Å². The number of amides is 4. The van der Waals surface area contributed by atoms with Crippen LogP contribution < -0.4 is 20.7 Å². The predicted molar refractivity (Wildman–Crippen MR) is 117 cm³/mol. The maximum Gasteiger partial charge on any atom is 0.321 e. The van der Waals surface area contributed by atoms with E-state index in [1.807, 2.05) is 0 Å². The number of nitrogens with zero attached hydrogens (tertiary/aromatic N) is 1. The third-order valence-electron chi connectivity index (χ3n) is 5.54. The SMILES string of the molecule is COc1ccc(Cl)cc1NC(=O)CN(C)CC(=O)NC(=O)N[C@H]1CCC[C@H](C)[C@H]1C. The first-order chi connectivity index (χ1) is 14.2. The lowest BCUT2D eigenvalue weighted by Crippen LogP contribution is -2.51. The molecule has 1 saturated carbocycles. The van der Waals surface area contributed by atoms with Crippen molar-refractivity contribution in [3.8, 4) is 5.75 Å². The molecule has 1 aromatic rings. The van der Waals surface area contributed by atoms with Gasteiger partial charge in [0.1, 0.15) is 5.75 Å². The van der Waals surface area contributed by atoms with E-state index in [-0.39, 0.29) is 25.0 Å². The average Bonchev–Trinajstić information content (AvgIpc) is 2.65. The first-order valence-corrected chi connectivity index (χ1v) is 10.5. The number of carbonyl (C=O) groups is 3. The Balaban J connectivity index is 1.78. The summed E-state index contributed by atoms with van der Waals surface area (Å²) in [7, 11) is 3.12. The molecule has 0 radical (unpaired) electrons. The van der Waals surface area contributed by atoms with Crippen LogP contribution in [0.5, 0.6) is 5.75 Å². The Morgan fingerprint density at radius 1 is 1.17 bits per heavy atom. The van der Waals surface area contributed by atoms with Crippen LogP contribution in [0.2, 0.25) is 5.02 Å². The molecule has 9 heteroatoms. The van der Waals surface area contributed by atoms with E-state index < -0.39 is 11.9 Å². The topological polar surface area (TPSA) is 99.8 Å². The van der Waals surface area contributed by atoms with Gasteiger partial charge in [-0.3, -0.25) is 19.8 Å². The number of ether oxygens (including phenoxy) is 1. The van der Waals surface area contributed by atoms with Crippen LogP contribution >= 0.6 is 11.6 Å². The fourth-order valence-electron chi connectivity index (χ4n) is 3.67. The molecule has 0 saturated heterocycles. The summed E-state index contributed by atoms with van der Waals surface area (Å²) in [5.74, 6) is 0.591. The van der Waals surface area contributed by atoms with Crippen molar-refractivity contribution in [3.63, 3.8) is 0 Å². The number of carbonyl (C=O) groups excluding carboxylic acids is 3. The smallest absolute Gasteiger partial charge is 0.321 e. The minimum absolute atomic E-state index is 0.0398. The van der Waals surface area contributed by atoms with Gasteiger partial charge in [-0.05, 0) is 43.5 Å². The van der Waals surface area contributed by atoms with Crippen molar-refractivity contribution in [2.75, 3.05) is 32.6 Å². The van der Waals surface area contributed by atoms with Crippen LogP contribution in [0.15, 0.2) is 18.2 Å². The summed E-state index contributed by atoms with van der Waals surface area (Å²) in [5.41, 5.74) is 0.447. The van der Waals surface area contributed by atoms with Gasteiger partial charge < -0.3 is 15.4 Å². The van der Waals surface area contributed by atoms with Crippen LogP contribution in [0.3, 0.4) is 0 Å². The first kappa shape index (κ1) is 24.0. The number of hydrogen-bond donors (Lipinski definition) is 3. The van der Waals surface area contributed by atoms with Gasteiger partial charge >= 0.3 is 6.03 Å². The summed E-state index contributed by atoms with van der Waals surface area (Å²) in [6, 6.07) is 4.47. The van der Waals surface area contributed by atoms with Crippen molar-refractivity contribution in [2.24, 2.45) is 11.8 Å². The second-order valence-electron chi connectivity index (χ2n) is 7.96. The van der Waals surface area contributed by atoms with E-state index in [0.717, 1.165) is 19.3 Å². The maximum atomic E-state index is 12.3. The minimum atomic E-state index is -0.493. The molecule has 0 aliphatic heterocycles. The molecule has 0 bridgehead atoms. The van der Waals surface area contributed by atoms with E-state index in [1.54, 1.807) is 25.2 Å². The molecular weight excluding hydrogens is 408 g/mol. The summed E-state index contributed by atoms with van der Waals surface area (Å²) >= 11 is 5.96. The molecule has 0 aromatic heterocycles. The number of halogens is 1. The summed E-state index contributed by atoms with van der Waals surface area (Å²) < 4.78 is 5.20. The van der Waals surface area contributed by atoms with Gasteiger partial charge in [-0.2, -0.15) is 0 Å². The van der Waals surface area contributed by atoms with Crippen LogP contribution in [0.1, 0.15) is 33.1 Å². The minimum Gasteiger partial charge on any atom is -0.495 e. The van der Waals surface area contributed by atoms with E-state index in [0.29, 0.717) is 28.3 Å². The lowest BCUT2D eigenvalue weighted by molar-refractivity contribution is -0.122. The Kier molecular flexibility index (Phi) is 8.92. The molecule has 0 spiro atoms. The van der Waals surface area contributed by atoms with Gasteiger partial charge in [0.25, 0.3) is 0 Å². The molecule has 3 atom stereocenters. The molecule has 0 unspecified atom stereocenters. The van der Waals surface area contributed by atoms with Crippen LogP contribution in [-0.4, -0.2) is 56.0 Å². The summed E-state index contributed by atoms with van der Waals surface area (Å²) in [4.78, 5) is 38.1. The Morgan fingerprint density at radius 3 is 2.57 bits per heavy atom. The van der Waals surface area contributed by atoms with Gasteiger partial charge in [0.15, 0.2) is 0 Å². The molecule has 2 rings (SSSR count). The van der Waals surface area contributed by atoms with Gasteiger partial charge in [-0.25, -0.2) is 4.79 Å². The van der Waals surface area contributed by atoms with Gasteiger partial charge in [0.2, 0.25) is 11.8 Å². The summed E-state index contributed by atoms with van der Waals surface area (Å²) in [5, 5.41) is 8.42. The van der Waals surface area contributed by atoms with Gasteiger partial charge in [-0.15, -0.1) is 0 Å². The highest BCUT2D eigenvalue weighted by Gasteiger charge is 2.28. The Hall–Kier alpha value is -2.32. The van der Waals surface area contributed by atoms with Crippen LogP contribution in [0, 0.1) is 11.8 Å². The molecule has 166 valence electrons. The van der Waals surface area contributed by atoms with Crippen LogP contribution in [0.25, 0.3) is 0 Å². The highest BCUT2D eigenvalue weighted by Crippen LogP contribution is 2.29. The Morgan fingerprint density at radius 2 is 1.87 bits per heavy atom. The molecule has 30 heavy (non-hydrogen) atoms. The lowest BCUT2D eigenvalue weighted by atomic mass is 9.78. The van der Waals surface area contributed by atoms with E-state index >= 15 is 0 Å². The lowest BCUT2D eigenvalue weighted by Gasteiger charge is -2.34. The number of urea groups is 1. The number of likely N-dealkylation sites (N-methyl/N-ethyl adjacent to an activating group) is 1. The van der Waals surface area contributed by atoms with Crippen molar-refractivity contribution in [1.29, 1.82) is 0 Å². The van der Waals surface area contributed by atoms with Crippen molar-refractivity contribution in [2.45, 2.75) is 39.2 Å². The highest BCUT2D eigenvalue weighted by atomic mass is 35.5. The molecule has 0 heterocycles. The number of benzene rings is 1. The number of nitrogens with one attached hydrogen (secondary N) is 3. The van der Waals surface area contributed by atoms with E-state index in [1.165, 1.54) is 12.0 Å². The zero-order valence-corrected chi connectivity index (χ0v) is 18.7. The fraction of sp³-hybridized carbons (Fsp3) is 0.571. The monoisotopic (exact) mass is 438 g/mol. The molecule has 8 nitrogen and oxygen atoms in total. The summed E-state index contributed by atoms with van der Waals surface area (Å²) in [6.45, 7) is 4.17. The zero-order valence-electron chi connectivity index (χ0n) is 18.0. The molecule has 3 N–H and O–H groups in total. The van der Waals surface area contributed by atoms with Gasteiger partial charge in [0.05, 0.1) is 25.9 Å². The second kappa shape index (κ2) is 11.2. The Labute approximate surface area is 182 Å². The van der Waals surface area contributed by atoms with E-state index in [9.17, 15) is 14.4 Å². The van der Waals surface area contributed by atoms with Gasteiger partial charge in [-0.1, -0.05) is 38.3 Å². The quantitative estimate of drug-likeness (QED) is 0.607. The number of hydrogen-bond acceptors (Lipinski definition) is 5. The van der Waals surface area contributed by atoms with E-state index in [4.69, 9.17) is 16.3 Å². The highest BCUT2D eigenvalue weighted by molar-refractivity contribution is 6.31. The number of anilines is 1. The molecule has 1 aromatic carbocycles. The molecule has 1 aliphatic rings. The third kappa shape index (κ3) is 7.18. The van der Waals surface area contributed by atoms with Crippen molar-refractivity contribution >= 4 is 35.1 Å². The first-order valence-electron chi connectivity index (χ1n) is 10.1.